The Balaban J connectivity index is 2.06. The van der Waals surface area contributed by atoms with Crippen molar-refractivity contribution in [3.63, 3.8) is 0 Å². The van der Waals surface area contributed by atoms with E-state index in [-0.39, 0.29) is 5.91 Å². The van der Waals surface area contributed by atoms with Gasteiger partial charge in [-0.2, -0.15) is 15.5 Å². The Hall–Kier alpha value is -2.74. The molecule has 18 heavy (non-hydrogen) atoms. The summed E-state index contributed by atoms with van der Waals surface area (Å²) >= 11 is 0. The van der Waals surface area contributed by atoms with Gasteiger partial charge in [-0.15, -0.1) is 0 Å². The third-order valence-corrected chi connectivity index (χ3v) is 2.34. The highest BCUT2D eigenvalue weighted by molar-refractivity contribution is 6.03. The van der Waals surface area contributed by atoms with Crippen molar-refractivity contribution in [3.8, 4) is 6.07 Å². The van der Waals surface area contributed by atoms with E-state index in [9.17, 15) is 4.79 Å². The quantitative estimate of drug-likeness (QED) is 0.884. The van der Waals surface area contributed by atoms with Crippen LogP contribution in [0.2, 0.25) is 0 Å². The number of rotatable bonds is 3. The van der Waals surface area contributed by atoms with Crippen LogP contribution in [0.5, 0.6) is 0 Å². The Morgan fingerprint density at radius 3 is 2.61 bits per heavy atom. The van der Waals surface area contributed by atoms with E-state index in [1.807, 2.05) is 12.1 Å². The number of nitrogens with one attached hydrogen (secondary N) is 1. The molecule has 88 valence electrons. The van der Waals surface area contributed by atoms with Gasteiger partial charge in [-0.25, -0.2) is 0 Å². The first-order valence-electron chi connectivity index (χ1n) is 5.33. The molecule has 0 saturated carbocycles. The van der Waals surface area contributed by atoms with Gasteiger partial charge in [0.15, 0.2) is 0 Å². The van der Waals surface area contributed by atoms with Crippen molar-refractivity contribution < 1.29 is 4.79 Å². The summed E-state index contributed by atoms with van der Waals surface area (Å²) in [5, 5.41) is 18.5. The summed E-state index contributed by atoms with van der Waals surface area (Å²) in [6.45, 7) is 0. The van der Waals surface area contributed by atoms with Crippen molar-refractivity contribution in [2.24, 2.45) is 0 Å². The fourth-order valence-electron chi connectivity index (χ4n) is 1.43. The molecule has 1 heterocycles. The third-order valence-electron chi connectivity index (χ3n) is 2.34. The van der Waals surface area contributed by atoms with Crippen LogP contribution in [0.15, 0.2) is 42.7 Å². The van der Waals surface area contributed by atoms with Crippen LogP contribution < -0.4 is 5.32 Å². The maximum atomic E-state index is 11.8. The SMILES string of the molecule is N#CCc1ccc(NC(=O)c2ccnnc2)cc1. The Morgan fingerprint density at radius 2 is 2.00 bits per heavy atom. The summed E-state index contributed by atoms with van der Waals surface area (Å²) in [6, 6.07) is 10.8. The van der Waals surface area contributed by atoms with Crippen LogP contribution >= 0.6 is 0 Å². The maximum absolute atomic E-state index is 11.8. The second-order valence-electron chi connectivity index (χ2n) is 3.62. The second kappa shape index (κ2) is 5.55. The average Bonchev–Trinajstić information content (AvgIpc) is 2.42. The van der Waals surface area contributed by atoms with Crippen LogP contribution in [0.3, 0.4) is 0 Å². The summed E-state index contributed by atoms with van der Waals surface area (Å²) in [4.78, 5) is 11.8. The van der Waals surface area contributed by atoms with Crippen molar-refractivity contribution in [3.05, 3.63) is 53.9 Å². The van der Waals surface area contributed by atoms with Crippen LogP contribution in [-0.2, 0) is 6.42 Å². The summed E-state index contributed by atoms with van der Waals surface area (Å²) in [5.41, 5.74) is 2.05. The zero-order valence-electron chi connectivity index (χ0n) is 9.50. The number of hydrogen-bond acceptors (Lipinski definition) is 4. The van der Waals surface area contributed by atoms with Gasteiger partial charge >= 0.3 is 0 Å². The van der Waals surface area contributed by atoms with Crippen molar-refractivity contribution in [1.29, 1.82) is 5.26 Å². The lowest BCUT2D eigenvalue weighted by Crippen LogP contribution is -2.12. The maximum Gasteiger partial charge on any atom is 0.257 e. The number of aromatic nitrogens is 2. The molecule has 1 aromatic heterocycles. The molecule has 5 heteroatoms. The van der Waals surface area contributed by atoms with Gasteiger partial charge < -0.3 is 5.32 Å². The Labute approximate surface area is 104 Å². The molecule has 0 unspecified atom stereocenters. The lowest BCUT2D eigenvalue weighted by atomic mass is 10.1. The highest BCUT2D eigenvalue weighted by Gasteiger charge is 2.05. The topological polar surface area (TPSA) is 78.7 Å². The fraction of sp³-hybridized carbons (Fsp3) is 0.0769. The number of nitriles is 1. The summed E-state index contributed by atoms with van der Waals surface area (Å²) in [7, 11) is 0. The van der Waals surface area contributed by atoms with E-state index in [1.165, 1.54) is 12.4 Å². The molecule has 0 aliphatic heterocycles. The zero-order valence-corrected chi connectivity index (χ0v) is 9.50. The van der Waals surface area contributed by atoms with Crippen molar-refractivity contribution >= 4 is 11.6 Å². The van der Waals surface area contributed by atoms with E-state index in [4.69, 9.17) is 5.26 Å². The van der Waals surface area contributed by atoms with E-state index < -0.39 is 0 Å². The van der Waals surface area contributed by atoms with Crippen molar-refractivity contribution in [2.75, 3.05) is 5.32 Å². The minimum absolute atomic E-state index is 0.238. The number of carbonyl (C=O) groups is 1. The van der Waals surface area contributed by atoms with Crippen LogP contribution in [0.4, 0.5) is 5.69 Å². The fourth-order valence-corrected chi connectivity index (χ4v) is 1.43. The van der Waals surface area contributed by atoms with E-state index in [2.05, 4.69) is 21.6 Å². The van der Waals surface area contributed by atoms with Crippen LogP contribution in [-0.4, -0.2) is 16.1 Å². The largest absolute Gasteiger partial charge is 0.322 e. The van der Waals surface area contributed by atoms with Crippen LogP contribution in [0.1, 0.15) is 15.9 Å². The molecule has 1 amide bonds. The number of carbonyl (C=O) groups excluding carboxylic acids is 1. The zero-order chi connectivity index (χ0) is 12.8. The molecule has 0 bridgehead atoms. The van der Waals surface area contributed by atoms with Gasteiger partial charge in [0.1, 0.15) is 0 Å². The predicted molar refractivity (Wildman–Crippen MR) is 65.7 cm³/mol. The van der Waals surface area contributed by atoms with Gasteiger partial charge in [0.05, 0.1) is 30.4 Å². The van der Waals surface area contributed by atoms with Gasteiger partial charge in [0.25, 0.3) is 5.91 Å². The molecule has 0 spiro atoms. The molecule has 0 atom stereocenters. The molecular weight excluding hydrogens is 228 g/mol. The van der Waals surface area contributed by atoms with Gasteiger partial charge in [0, 0.05) is 5.69 Å². The first-order chi connectivity index (χ1) is 8.79. The minimum Gasteiger partial charge on any atom is -0.322 e. The first kappa shape index (κ1) is 11.7. The molecule has 1 N–H and O–H groups in total. The number of anilines is 1. The first-order valence-corrected chi connectivity index (χ1v) is 5.33. The minimum atomic E-state index is -0.238. The lowest BCUT2D eigenvalue weighted by molar-refractivity contribution is 0.102. The van der Waals surface area contributed by atoms with Gasteiger partial charge in [-0.3, -0.25) is 4.79 Å². The van der Waals surface area contributed by atoms with Crippen LogP contribution in [0, 0.1) is 11.3 Å². The molecule has 2 aromatic rings. The lowest BCUT2D eigenvalue weighted by Gasteiger charge is -2.05. The van der Waals surface area contributed by atoms with E-state index in [0.717, 1.165) is 5.56 Å². The smallest absolute Gasteiger partial charge is 0.257 e. The summed E-state index contributed by atoms with van der Waals surface area (Å²) in [5.74, 6) is -0.238. The predicted octanol–water partition coefficient (Wildman–Crippen LogP) is 1.79. The van der Waals surface area contributed by atoms with E-state index in [0.29, 0.717) is 17.7 Å². The number of benzene rings is 1. The van der Waals surface area contributed by atoms with Crippen LogP contribution in [0.25, 0.3) is 0 Å². The van der Waals surface area contributed by atoms with Gasteiger partial charge in [-0.1, -0.05) is 12.1 Å². The molecular formula is C13H10N4O. The normalized spacial score (nSPS) is 9.50. The third kappa shape index (κ3) is 2.89. The van der Waals surface area contributed by atoms with E-state index >= 15 is 0 Å². The summed E-state index contributed by atoms with van der Waals surface area (Å²) < 4.78 is 0. The number of hydrogen-bond donors (Lipinski definition) is 1. The Morgan fingerprint density at radius 1 is 1.22 bits per heavy atom. The summed E-state index contributed by atoms with van der Waals surface area (Å²) in [6.07, 6.45) is 3.23. The monoisotopic (exact) mass is 238 g/mol. The molecule has 0 saturated heterocycles. The molecule has 0 aliphatic carbocycles. The molecule has 5 nitrogen and oxygen atoms in total. The second-order valence-corrected chi connectivity index (χ2v) is 3.62. The molecule has 1 aromatic carbocycles. The molecule has 2 rings (SSSR count). The highest BCUT2D eigenvalue weighted by Crippen LogP contribution is 2.11. The average molecular weight is 238 g/mol. The number of amides is 1. The van der Waals surface area contributed by atoms with Gasteiger partial charge in [0.2, 0.25) is 0 Å². The Kier molecular flexibility index (Phi) is 3.62. The highest BCUT2D eigenvalue weighted by atomic mass is 16.1. The number of nitrogens with zero attached hydrogens (tertiary/aromatic N) is 3. The molecule has 0 aliphatic rings. The standard InChI is InChI=1S/C13H10N4O/c14-7-5-10-1-3-12(4-2-10)17-13(18)11-6-8-15-16-9-11/h1-4,6,8-9H,5H2,(H,17,18). The van der Waals surface area contributed by atoms with Crippen molar-refractivity contribution in [1.82, 2.24) is 10.2 Å². The molecule has 0 radical (unpaired) electrons. The van der Waals surface area contributed by atoms with E-state index in [1.54, 1.807) is 18.2 Å². The molecule has 0 fully saturated rings. The van der Waals surface area contributed by atoms with Crippen molar-refractivity contribution in [2.45, 2.75) is 6.42 Å². The Bertz CT molecular complexity index is 572. The van der Waals surface area contributed by atoms with Gasteiger partial charge in [-0.05, 0) is 23.8 Å².